The number of rotatable bonds is 3. The van der Waals surface area contributed by atoms with Crippen LogP contribution in [0.3, 0.4) is 0 Å². The molecule has 0 heterocycles. The molecule has 0 radical (unpaired) electrons. The Balaban J connectivity index is 2.04. The maximum atomic E-state index is 10.9. The second-order valence-corrected chi connectivity index (χ2v) is 4.84. The second-order valence-electron chi connectivity index (χ2n) is 4.84. The fourth-order valence-electron chi connectivity index (χ4n) is 2.63. The zero-order chi connectivity index (χ0) is 13.9. The average Bonchev–Trinajstić information content (AvgIpc) is 2.53. The van der Waals surface area contributed by atoms with Crippen LogP contribution in [0.5, 0.6) is 5.75 Å². The third-order valence-electron chi connectivity index (χ3n) is 3.69. The Morgan fingerprint density at radius 1 is 1.10 bits per heavy atom. The standard InChI is InChI=1S/C17H15NO2/c1-20-15-9-8-12-10-14(7-6-13(12)11-15)16-4-2-3-5-17(16)18-19/h2-5,8-11H,6-7H2,1H3. The van der Waals surface area contributed by atoms with Crippen LogP contribution in [0.25, 0.3) is 11.6 Å². The Bertz CT molecular complexity index is 689. The number of allylic oxidation sites excluding steroid dienone is 1. The van der Waals surface area contributed by atoms with Gasteiger partial charge in [-0.3, -0.25) is 0 Å². The molecule has 0 saturated carbocycles. The zero-order valence-corrected chi connectivity index (χ0v) is 11.3. The van der Waals surface area contributed by atoms with Crippen LogP contribution in [0.4, 0.5) is 5.69 Å². The number of benzene rings is 2. The number of nitrogens with zero attached hydrogens (tertiary/aromatic N) is 1. The Morgan fingerprint density at radius 3 is 2.75 bits per heavy atom. The molecule has 0 unspecified atom stereocenters. The topological polar surface area (TPSA) is 38.7 Å². The van der Waals surface area contributed by atoms with E-state index in [1.54, 1.807) is 13.2 Å². The highest BCUT2D eigenvalue weighted by Crippen LogP contribution is 2.35. The summed E-state index contributed by atoms with van der Waals surface area (Å²) in [7, 11) is 1.68. The molecule has 0 aliphatic heterocycles. The summed E-state index contributed by atoms with van der Waals surface area (Å²) in [5.41, 5.74) is 5.08. The molecule has 0 atom stereocenters. The van der Waals surface area contributed by atoms with E-state index in [-0.39, 0.29) is 0 Å². The van der Waals surface area contributed by atoms with Gasteiger partial charge in [0.05, 0.1) is 7.11 Å². The Morgan fingerprint density at radius 2 is 1.95 bits per heavy atom. The van der Waals surface area contributed by atoms with Crippen molar-refractivity contribution in [3.63, 3.8) is 0 Å². The molecule has 2 aromatic carbocycles. The lowest BCUT2D eigenvalue weighted by molar-refractivity contribution is 0.414. The fraction of sp³-hybridized carbons (Fsp3) is 0.176. The molecule has 20 heavy (non-hydrogen) atoms. The van der Waals surface area contributed by atoms with Crippen molar-refractivity contribution in [3.05, 3.63) is 64.1 Å². The van der Waals surface area contributed by atoms with E-state index in [0.29, 0.717) is 5.69 Å². The van der Waals surface area contributed by atoms with Crippen LogP contribution in [0.1, 0.15) is 23.1 Å². The lowest BCUT2D eigenvalue weighted by Gasteiger charge is -2.18. The van der Waals surface area contributed by atoms with E-state index in [9.17, 15) is 4.91 Å². The molecule has 0 fully saturated rings. The summed E-state index contributed by atoms with van der Waals surface area (Å²) >= 11 is 0. The van der Waals surface area contributed by atoms with Crippen LogP contribution in [-0.2, 0) is 6.42 Å². The number of hydrogen-bond acceptors (Lipinski definition) is 3. The summed E-state index contributed by atoms with van der Waals surface area (Å²) in [6, 6.07) is 13.6. The Kier molecular flexibility index (Phi) is 3.33. The van der Waals surface area contributed by atoms with Crippen LogP contribution < -0.4 is 4.74 Å². The van der Waals surface area contributed by atoms with Gasteiger partial charge in [-0.05, 0) is 52.9 Å². The summed E-state index contributed by atoms with van der Waals surface area (Å²) in [6.07, 6.45) is 4.00. The highest BCUT2D eigenvalue weighted by atomic mass is 16.5. The van der Waals surface area contributed by atoms with Crippen molar-refractivity contribution in [1.82, 2.24) is 0 Å². The molecule has 0 saturated heterocycles. The van der Waals surface area contributed by atoms with Gasteiger partial charge in [-0.25, -0.2) is 0 Å². The molecule has 0 spiro atoms. The van der Waals surface area contributed by atoms with Crippen molar-refractivity contribution in [2.75, 3.05) is 7.11 Å². The van der Waals surface area contributed by atoms with Crippen LogP contribution in [0.15, 0.2) is 47.6 Å². The van der Waals surface area contributed by atoms with E-state index in [0.717, 1.165) is 29.7 Å². The minimum atomic E-state index is 0.510. The fourth-order valence-corrected chi connectivity index (χ4v) is 2.63. The molecule has 1 aliphatic rings. The van der Waals surface area contributed by atoms with E-state index < -0.39 is 0 Å². The van der Waals surface area contributed by atoms with Gasteiger partial charge in [0.15, 0.2) is 0 Å². The van der Waals surface area contributed by atoms with Gasteiger partial charge in [0.1, 0.15) is 11.4 Å². The number of hydrogen-bond donors (Lipinski definition) is 0. The molecule has 2 aromatic rings. The lowest BCUT2D eigenvalue weighted by Crippen LogP contribution is -2.00. The molecule has 100 valence electrons. The highest BCUT2D eigenvalue weighted by molar-refractivity contribution is 5.88. The van der Waals surface area contributed by atoms with Gasteiger partial charge in [0.25, 0.3) is 0 Å². The van der Waals surface area contributed by atoms with Crippen molar-refractivity contribution >= 4 is 17.3 Å². The molecule has 3 rings (SSSR count). The van der Waals surface area contributed by atoms with E-state index >= 15 is 0 Å². The smallest absolute Gasteiger partial charge is 0.119 e. The molecular formula is C17H15NO2. The average molecular weight is 265 g/mol. The summed E-state index contributed by atoms with van der Waals surface area (Å²) in [5.74, 6) is 0.885. The van der Waals surface area contributed by atoms with Crippen molar-refractivity contribution < 1.29 is 4.74 Å². The lowest BCUT2D eigenvalue weighted by atomic mass is 9.88. The summed E-state index contributed by atoms with van der Waals surface area (Å²) in [6.45, 7) is 0. The molecule has 0 amide bonds. The van der Waals surface area contributed by atoms with Crippen molar-refractivity contribution in [2.24, 2.45) is 5.18 Å². The van der Waals surface area contributed by atoms with E-state index in [1.807, 2.05) is 24.3 Å². The second kappa shape index (κ2) is 5.29. The zero-order valence-electron chi connectivity index (χ0n) is 11.3. The van der Waals surface area contributed by atoms with Crippen LogP contribution in [-0.4, -0.2) is 7.11 Å². The first-order valence-electron chi connectivity index (χ1n) is 6.62. The van der Waals surface area contributed by atoms with Gasteiger partial charge < -0.3 is 4.74 Å². The third-order valence-corrected chi connectivity index (χ3v) is 3.69. The van der Waals surface area contributed by atoms with Crippen LogP contribution >= 0.6 is 0 Å². The maximum Gasteiger partial charge on any atom is 0.119 e. The third kappa shape index (κ3) is 2.23. The minimum absolute atomic E-state index is 0.510. The number of nitroso groups, excluding NO2 is 1. The van der Waals surface area contributed by atoms with Gasteiger partial charge in [-0.2, -0.15) is 0 Å². The summed E-state index contributed by atoms with van der Waals surface area (Å²) in [5, 5.41) is 3.12. The van der Waals surface area contributed by atoms with Gasteiger partial charge >= 0.3 is 0 Å². The molecule has 3 nitrogen and oxygen atoms in total. The minimum Gasteiger partial charge on any atom is -0.497 e. The highest BCUT2D eigenvalue weighted by Gasteiger charge is 2.15. The molecule has 0 aromatic heterocycles. The van der Waals surface area contributed by atoms with Crippen molar-refractivity contribution in [1.29, 1.82) is 0 Å². The Hall–Kier alpha value is -2.42. The first-order chi connectivity index (χ1) is 9.81. The van der Waals surface area contributed by atoms with Crippen molar-refractivity contribution in [2.45, 2.75) is 12.8 Å². The van der Waals surface area contributed by atoms with E-state index in [1.165, 1.54) is 11.1 Å². The number of methoxy groups -OCH3 is 1. The van der Waals surface area contributed by atoms with Gasteiger partial charge in [0, 0.05) is 5.56 Å². The van der Waals surface area contributed by atoms with Crippen LogP contribution in [0, 0.1) is 4.91 Å². The predicted octanol–water partition coefficient (Wildman–Crippen LogP) is 4.58. The van der Waals surface area contributed by atoms with Crippen LogP contribution in [0.2, 0.25) is 0 Å². The first-order valence-corrected chi connectivity index (χ1v) is 6.62. The summed E-state index contributed by atoms with van der Waals surface area (Å²) < 4.78 is 5.25. The van der Waals surface area contributed by atoms with E-state index in [2.05, 4.69) is 23.4 Å². The van der Waals surface area contributed by atoms with Gasteiger partial charge in [-0.15, -0.1) is 4.91 Å². The Labute approximate surface area is 117 Å². The largest absolute Gasteiger partial charge is 0.497 e. The summed E-state index contributed by atoms with van der Waals surface area (Å²) in [4.78, 5) is 10.9. The van der Waals surface area contributed by atoms with E-state index in [4.69, 9.17) is 4.74 Å². The number of fused-ring (bicyclic) bond motifs is 1. The maximum absolute atomic E-state index is 10.9. The first kappa shape index (κ1) is 12.6. The normalized spacial score (nSPS) is 13.3. The van der Waals surface area contributed by atoms with Crippen molar-refractivity contribution in [3.8, 4) is 5.75 Å². The molecular weight excluding hydrogens is 250 g/mol. The molecule has 0 N–H and O–H groups in total. The molecule has 0 bridgehead atoms. The quantitative estimate of drug-likeness (QED) is 0.762. The monoisotopic (exact) mass is 265 g/mol. The molecule has 3 heteroatoms. The molecule has 1 aliphatic carbocycles. The predicted molar refractivity (Wildman–Crippen MR) is 81.1 cm³/mol. The SMILES string of the molecule is COc1ccc2c(c1)CCC(c1ccccc1N=O)=C2. The van der Waals surface area contributed by atoms with Gasteiger partial charge in [0.2, 0.25) is 0 Å². The number of ether oxygens (including phenoxy) is 1. The number of aryl methyl sites for hydroxylation is 1. The van der Waals surface area contributed by atoms with Gasteiger partial charge in [-0.1, -0.05) is 30.3 Å².